The van der Waals surface area contributed by atoms with Crippen LogP contribution >= 0.6 is 0 Å². The summed E-state index contributed by atoms with van der Waals surface area (Å²) in [6.45, 7) is 3.65. The molecule has 116 valence electrons. The minimum absolute atomic E-state index is 0.305. The fourth-order valence-corrected chi connectivity index (χ4v) is 2.23. The third-order valence-corrected chi connectivity index (χ3v) is 3.22. The monoisotopic (exact) mass is 309 g/mol. The minimum Gasteiger partial charge on any atom is -0.491 e. The van der Waals surface area contributed by atoms with Crippen LogP contribution in [0.1, 0.15) is 25.0 Å². The molecule has 0 N–H and O–H groups in total. The quantitative estimate of drug-likeness (QED) is 0.852. The highest BCUT2D eigenvalue weighted by molar-refractivity contribution is 5.99. The highest BCUT2D eigenvalue weighted by Crippen LogP contribution is 2.33. The molecule has 6 heteroatoms. The molecule has 0 atom stereocenters. The number of aliphatic imine (C=N–C) groups is 1. The van der Waals surface area contributed by atoms with Crippen LogP contribution in [0.3, 0.4) is 0 Å². The Hall–Kier alpha value is -3.07. The average Bonchev–Trinajstić information content (AvgIpc) is 2.54. The van der Waals surface area contributed by atoms with Crippen molar-refractivity contribution in [3.8, 4) is 23.4 Å². The summed E-state index contributed by atoms with van der Waals surface area (Å²) >= 11 is 0. The van der Waals surface area contributed by atoms with E-state index in [1.54, 1.807) is 43.6 Å². The lowest BCUT2D eigenvalue weighted by atomic mass is 10.1. The highest BCUT2D eigenvalue weighted by Gasteiger charge is 2.30. The second kappa shape index (κ2) is 5.61. The number of benzene rings is 1. The molecule has 2 heterocycles. The Bertz CT molecular complexity index is 822. The van der Waals surface area contributed by atoms with Gasteiger partial charge in [0.15, 0.2) is 11.5 Å². The van der Waals surface area contributed by atoms with Crippen LogP contribution in [-0.4, -0.2) is 23.7 Å². The predicted octanol–water partition coefficient (Wildman–Crippen LogP) is 2.92. The largest absolute Gasteiger partial charge is 0.491 e. The van der Waals surface area contributed by atoms with Crippen molar-refractivity contribution in [1.29, 1.82) is 5.26 Å². The van der Waals surface area contributed by atoms with E-state index in [9.17, 15) is 0 Å². The number of fused-ring (bicyclic) bond motifs is 1. The summed E-state index contributed by atoms with van der Waals surface area (Å²) in [5.74, 6) is 1.75. The van der Waals surface area contributed by atoms with Gasteiger partial charge in [0, 0.05) is 6.20 Å². The fraction of sp³-hybridized carbons (Fsp3) is 0.235. The van der Waals surface area contributed by atoms with E-state index in [-0.39, 0.29) is 0 Å². The van der Waals surface area contributed by atoms with E-state index >= 15 is 0 Å². The summed E-state index contributed by atoms with van der Waals surface area (Å²) < 4.78 is 16.9. The van der Waals surface area contributed by atoms with Crippen LogP contribution in [0.25, 0.3) is 0 Å². The number of aromatic nitrogens is 1. The number of nitrogens with zero attached hydrogens (tertiary/aromatic N) is 3. The highest BCUT2D eigenvalue weighted by atomic mass is 16.5. The first-order valence-electron chi connectivity index (χ1n) is 7.02. The zero-order chi connectivity index (χ0) is 16.4. The summed E-state index contributed by atoms with van der Waals surface area (Å²) in [5.41, 5.74) is 0.325. The summed E-state index contributed by atoms with van der Waals surface area (Å²) in [4.78, 5) is 8.64. The third kappa shape index (κ3) is 2.94. The molecule has 6 nitrogen and oxygen atoms in total. The number of pyridine rings is 1. The first kappa shape index (κ1) is 14.9. The van der Waals surface area contributed by atoms with Crippen LogP contribution in [0, 0.1) is 11.3 Å². The van der Waals surface area contributed by atoms with Gasteiger partial charge in [-0.25, -0.2) is 9.98 Å². The Morgan fingerprint density at radius 1 is 1.26 bits per heavy atom. The van der Waals surface area contributed by atoms with Crippen LogP contribution in [0.5, 0.6) is 17.4 Å². The van der Waals surface area contributed by atoms with Gasteiger partial charge in [0.1, 0.15) is 5.75 Å². The number of methoxy groups -OCH3 is 1. The molecule has 0 spiro atoms. The maximum Gasteiger partial charge on any atom is 0.263 e. The molecule has 0 fully saturated rings. The molecule has 0 saturated heterocycles. The molecule has 3 rings (SSSR count). The summed E-state index contributed by atoms with van der Waals surface area (Å²) in [5, 5.41) is 9.10. The molecular weight excluding hydrogens is 294 g/mol. The van der Waals surface area contributed by atoms with E-state index in [4.69, 9.17) is 19.5 Å². The Morgan fingerprint density at radius 2 is 2.09 bits per heavy atom. The Labute approximate surface area is 134 Å². The molecule has 0 amide bonds. The topological polar surface area (TPSA) is 76.7 Å². The van der Waals surface area contributed by atoms with Gasteiger partial charge in [-0.2, -0.15) is 5.26 Å². The van der Waals surface area contributed by atoms with Crippen molar-refractivity contribution in [2.24, 2.45) is 4.99 Å². The molecule has 1 aliphatic rings. The van der Waals surface area contributed by atoms with E-state index in [1.807, 2.05) is 13.8 Å². The Balaban J connectivity index is 2.07. The van der Waals surface area contributed by atoms with Crippen LogP contribution in [0.4, 0.5) is 0 Å². The van der Waals surface area contributed by atoms with E-state index in [1.165, 1.54) is 0 Å². The van der Waals surface area contributed by atoms with E-state index in [0.29, 0.717) is 34.4 Å². The van der Waals surface area contributed by atoms with Crippen LogP contribution in [0.2, 0.25) is 0 Å². The lowest BCUT2D eigenvalue weighted by molar-refractivity contribution is 0.111. The fourth-order valence-electron chi connectivity index (χ4n) is 2.23. The number of rotatable bonds is 2. The van der Waals surface area contributed by atoms with Gasteiger partial charge in [-0.3, -0.25) is 0 Å². The maximum atomic E-state index is 9.10. The van der Waals surface area contributed by atoms with Crippen molar-refractivity contribution in [3.63, 3.8) is 0 Å². The zero-order valence-corrected chi connectivity index (χ0v) is 13.0. The second-order valence-corrected chi connectivity index (χ2v) is 5.40. The molecule has 0 aliphatic carbocycles. The second-order valence-electron chi connectivity index (χ2n) is 5.40. The van der Waals surface area contributed by atoms with E-state index in [0.717, 1.165) is 0 Å². The predicted molar refractivity (Wildman–Crippen MR) is 83.8 cm³/mol. The van der Waals surface area contributed by atoms with E-state index < -0.39 is 5.72 Å². The van der Waals surface area contributed by atoms with Crippen molar-refractivity contribution >= 4 is 5.90 Å². The molecule has 23 heavy (non-hydrogen) atoms. The lowest BCUT2D eigenvalue weighted by Crippen LogP contribution is -2.34. The van der Waals surface area contributed by atoms with Gasteiger partial charge in [0.25, 0.3) is 5.88 Å². The molecule has 0 radical (unpaired) electrons. The van der Waals surface area contributed by atoms with Crippen molar-refractivity contribution in [2.75, 3.05) is 7.11 Å². The summed E-state index contributed by atoms with van der Waals surface area (Å²) in [7, 11) is 1.54. The van der Waals surface area contributed by atoms with Gasteiger partial charge >= 0.3 is 0 Å². The number of nitriles is 1. The molecule has 1 aliphatic heterocycles. The lowest BCUT2D eigenvalue weighted by Gasteiger charge is -2.29. The van der Waals surface area contributed by atoms with Crippen LogP contribution in [0.15, 0.2) is 41.5 Å². The summed E-state index contributed by atoms with van der Waals surface area (Å²) in [6, 6.07) is 10.7. The van der Waals surface area contributed by atoms with Gasteiger partial charge < -0.3 is 14.2 Å². The van der Waals surface area contributed by atoms with Crippen molar-refractivity contribution < 1.29 is 14.2 Å². The molecular formula is C17H15N3O3. The third-order valence-electron chi connectivity index (χ3n) is 3.22. The van der Waals surface area contributed by atoms with Crippen LogP contribution in [-0.2, 0) is 0 Å². The standard InChI is InChI=1S/C17H15N3O3/c1-17(2)20-15(22-16-14(21-3)5-4-8-19-16)12-9-11(10-18)6-7-13(12)23-17/h4-9H,1-3H3. The molecule has 0 saturated carbocycles. The van der Waals surface area contributed by atoms with Crippen LogP contribution < -0.4 is 14.2 Å². The number of hydrogen-bond acceptors (Lipinski definition) is 6. The SMILES string of the molecule is COc1cccnc1OC1=NC(C)(C)Oc2ccc(C#N)cc21. The van der Waals surface area contributed by atoms with Crippen molar-refractivity contribution in [3.05, 3.63) is 47.7 Å². The first-order chi connectivity index (χ1) is 11.0. The van der Waals surface area contributed by atoms with Crippen molar-refractivity contribution in [2.45, 2.75) is 19.6 Å². The molecule has 0 bridgehead atoms. The molecule has 1 aromatic heterocycles. The maximum absolute atomic E-state index is 9.10. The zero-order valence-electron chi connectivity index (χ0n) is 13.0. The normalized spacial score (nSPS) is 14.8. The molecule has 2 aromatic rings. The van der Waals surface area contributed by atoms with Gasteiger partial charge in [0.2, 0.25) is 5.90 Å². The minimum atomic E-state index is -0.779. The van der Waals surface area contributed by atoms with E-state index in [2.05, 4.69) is 16.0 Å². The molecule has 1 aromatic carbocycles. The smallest absolute Gasteiger partial charge is 0.263 e. The number of hydrogen-bond donors (Lipinski definition) is 0. The summed E-state index contributed by atoms with van der Waals surface area (Å²) in [6.07, 6.45) is 1.61. The van der Waals surface area contributed by atoms with Gasteiger partial charge in [-0.15, -0.1) is 0 Å². The molecule has 0 unspecified atom stereocenters. The van der Waals surface area contributed by atoms with Gasteiger partial charge in [-0.1, -0.05) is 0 Å². The van der Waals surface area contributed by atoms with Gasteiger partial charge in [-0.05, 0) is 44.2 Å². The van der Waals surface area contributed by atoms with Crippen molar-refractivity contribution in [1.82, 2.24) is 4.98 Å². The Morgan fingerprint density at radius 3 is 2.83 bits per heavy atom. The first-order valence-corrected chi connectivity index (χ1v) is 7.02. The number of ether oxygens (including phenoxy) is 3. The average molecular weight is 309 g/mol. The Kier molecular flexibility index (Phi) is 3.62. The van der Waals surface area contributed by atoms with Gasteiger partial charge in [0.05, 0.1) is 24.3 Å².